The highest BCUT2D eigenvalue weighted by Crippen LogP contribution is 2.31. The smallest absolute Gasteiger partial charge is 0.330 e. The van der Waals surface area contributed by atoms with E-state index in [1.807, 2.05) is 98.8 Å². The van der Waals surface area contributed by atoms with Crippen LogP contribution in [0.1, 0.15) is 60.2 Å². The van der Waals surface area contributed by atoms with Gasteiger partial charge in [-0.25, -0.2) is 4.79 Å². The van der Waals surface area contributed by atoms with E-state index in [1.165, 1.54) is 6.08 Å². The Bertz CT molecular complexity index is 1130. The highest BCUT2D eigenvalue weighted by molar-refractivity contribution is 5.98. The molecular formula is C32H36O5. The molecule has 0 aliphatic carbocycles. The van der Waals surface area contributed by atoms with Gasteiger partial charge in [0.2, 0.25) is 0 Å². The summed E-state index contributed by atoms with van der Waals surface area (Å²) in [5.41, 5.74) is 3.78. The summed E-state index contributed by atoms with van der Waals surface area (Å²) < 4.78 is 9.83. The van der Waals surface area contributed by atoms with Crippen molar-refractivity contribution in [3.8, 4) is 0 Å². The van der Waals surface area contributed by atoms with Crippen molar-refractivity contribution >= 4 is 23.8 Å². The molecule has 3 rings (SSSR count). The Morgan fingerprint density at radius 2 is 1.35 bits per heavy atom. The summed E-state index contributed by atoms with van der Waals surface area (Å²) in [6.45, 7) is 8.22. The number of esters is 2. The van der Waals surface area contributed by atoms with Crippen molar-refractivity contribution in [1.82, 2.24) is 0 Å². The molecular weight excluding hydrogens is 464 g/mol. The number of ketones is 1. The number of ether oxygens (including phenoxy) is 2. The van der Waals surface area contributed by atoms with Gasteiger partial charge in [-0.15, -0.1) is 0 Å². The van der Waals surface area contributed by atoms with Crippen molar-refractivity contribution < 1.29 is 23.9 Å². The van der Waals surface area contributed by atoms with Gasteiger partial charge in [-0.3, -0.25) is 9.59 Å². The number of hydrogen-bond acceptors (Lipinski definition) is 5. The average molecular weight is 501 g/mol. The average Bonchev–Trinajstić information content (AvgIpc) is 2.92. The molecule has 0 fully saturated rings. The van der Waals surface area contributed by atoms with E-state index in [0.717, 1.165) is 16.7 Å². The minimum Gasteiger partial charge on any atom is -0.466 e. The van der Waals surface area contributed by atoms with Crippen molar-refractivity contribution in [3.63, 3.8) is 0 Å². The lowest BCUT2D eigenvalue weighted by molar-refractivity contribution is -0.143. The van der Waals surface area contributed by atoms with E-state index in [2.05, 4.69) is 0 Å². The molecule has 2 unspecified atom stereocenters. The summed E-state index contributed by atoms with van der Waals surface area (Å²) >= 11 is 0. The summed E-state index contributed by atoms with van der Waals surface area (Å²) in [6.07, 6.45) is 3.37. The number of carbonyl (C=O) groups excluding carboxylic acids is 3. The normalized spacial score (nSPS) is 12.1. The van der Waals surface area contributed by atoms with Crippen LogP contribution in [0.4, 0.5) is 0 Å². The highest BCUT2D eigenvalue weighted by Gasteiger charge is 2.28. The van der Waals surface area contributed by atoms with Crippen LogP contribution in [-0.2, 0) is 19.1 Å². The SMILES string of the molecule is CCOC(=O)/C=C/c1ccccc1.CCOC(=O)CC(c1ccccc1)C(C)C(=O)c1ccc(C)cc1. The number of benzene rings is 3. The Labute approximate surface area is 220 Å². The zero-order valence-corrected chi connectivity index (χ0v) is 22.1. The minimum absolute atomic E-state index is 0.0492. The predicted octanol–water partition coefficient (Wildman–Crippen LogP) is 6.81. The van der Waals surface area contributed by atoms with Crippen molar-refractivity contribution in [3.05, 3.63) is 113 Å². The first kappa shape index (κ1) is 29.2. The van der Waals surface area contributed by atoms with Crippen LogP contribution in [0.15, 0.2) is 91.0 Å². The fourth-order valence-corrected chi connectivity index (χ4v) is 3.77. The standard InChI is InChI=1S/C21H24O3.C11H12O2/c1-4-24-20(22)14-19(17-8-6-5-7-9-17)16(3)21(23)18-12-10-15(2)11-13-18;1-2-13-11(12)9-8-10-6-4-3-5-7-10/h5-13,16,19H,4,14H2,1-3H3;3-9H,2H2,1H3/b;9-8+. The Morgan fingerprint density at radius 3 is 1.92 bits per heavy atom. The molecule has 3 aromatic rings. The van der Waals surface area contributed by atoms with Crippen LogP contribution in [0.3, 0.4) is 0 Å². The molecule has 5 heteroatoms. The van der Waals surface area contributed by atoms with E-state index in [9.17, 15) is 14.4 Å². The maximum Gasteiger partial charge on any atom is 0.330 e. The lowest BCUT2D eigenvalue weighted by Crippen LogP contribution is -2.23. The van der Waals surface area contributed by atoms with Crippen molar-refractivity contribution in [2.45, 2.75) is 40.0 Å². The molecule has 0 bridgehead atoms. The molecule has 37 heavy (non-hydrogen) atoms. The number of rotatable bonds is 10. The Hall–Kier alpha value is -3.99. The predicted molar refractivity (Wildman–Crippen MR) is 147 cm³/mol. The molecule has 0 saturated carbocycles. The summed E-state index contributed by atoms with van der Waals surface area (Å²) in [5, 5.41) is 0. The van der Waals surface area contributed by atoms with Gasteiger partial charge in [0, 0.05) is 23.5 Å². The second-order valence-electron chi connectivity index (χ2n) is 8.54. The lowest BCUT2D eigenvalue weighted by Gasteiger charge is -2.23. The number of Topliss-reactive ketones (excluding diaryl/α,β-unsaturated/α-hetero) is 1. The second kappa shape index (κ2) is 15.9. The van der Waals surface area contributed by atoms with Crippen LogP contribution in [-0.4, -0.2) is 30.9 Å². The third-order valence-corrected chi connectivity index (χ3v) is 5.77. The largest absolute Gasteiger partial charge is 0.466 e. The van der Waals surface area contributed by atoms with Crippen LogP contribution in [0.25, 0.3) is 6.08 Å². The monoisotopic (exact) mass is 500 g/mol. The van der Waals surface area contributed by atoms with Gasteiger partial charge >= 0.3 is 11.9 Å². The van der Waals surface area contributed by atoms with Crippen LogP contribution in [0.2, 0.25) is 0 Å². The van der Waals surface area contributed by atoms with Crippen LogP contribution >= 0.6 is 0 Å². The van der Waals surface area contributed by atoms with E-state index in [4.69, 9.17) is 9.47 Å². The summed E-state index contributed by atoms with van der Waals surface area (Å²) in [6, 6.07) is 26.9. The highest BCUT2D eigenvalue weighted by atomic mass is 16.5. The molecule has 0 aliphatic heterocycles. The summed E-state index contributed by atoms with van der Waals surface area (Å²) in [7, 11) is 0. The molecule has 5 nitrogen and oxygen atoms in total. The third-order valence-electron chi connectivity index (χ3n) is 5.77. The molecule has 0 saturated heterocycles. The van der Waals surface area contributed by atoms with Crippen LogP contribution in [0.5, 0.6) is 0 Å². The third kappa shape index (κ3) is 10.3. The van der Waals surface area contributed by atoms with Crippen molar-refractivity contribution in [2.75, 3.05) is 13.2 Å². The Kier molecular flexibility index (Phi) is 12.6. The molecule has 0 radical (unpaired) electrons. The summed E-state index contributed by atoms with van der Waals surface area (Å²) in [5.74, 6) is -1.02. The molecule has 2 atom stereocenters. The number of hydrogen-bond donors (Lipinski definition) is 0. The first-order chi connectivity index (χ1) is 17.8. The van der Waals surface area contributed by atoms with E-state index in [0.29, 0.717) is 18.8 Å². The van der Waals surface area contributed by atoms with Gasteiger partial charge < -0.3 is 9.47 Å². The molecule has 0 N–H and O–H groups in total. The lowest BCUT2D eigenvalue weighted by atomic mass is 9.80. The maximum atomic E-state index is 12.9. The van der Waals surface area contributed by atoms with Crippen LogP contribution in [0, 0.1) is 12.8 Å². The van der Waals surface area contributed by atoms with E-state index in [-0.39, 0.29) is 36.0 Å². The van der Waals surface area contributed by atoms with Crippen molar-refractivity contribution in [2.24, 2.45) is 5.92 Å². The van der Waals surface area contributed by atoms with E-state index >= 15 is 0 Å². The molecule has 3 aromatic carbocycles. The number of carbonyl (C=O) groups is 3. The molecule has 0 aliphatic rings. The Balaban J connectivity index is 0.000000312. The molecule has 0 spiro atoms. The number of aryl methyl sites for hydroxylation is 1. The van der Waals surface area contributed by atoms with Gasteiger partial charge in [0.15, 0.2) is 5.78 Å². The second-order valence-corrected chi connectivity index (χ2v) is 8.54. The molecule has 194 valence electrons. The zero-order chi connectivity index (χ0) is 27.0. The molecule has 0 heterocycles. The molecule has 0 amide bonds. The first-order valence-electron chi connectivity index (χ1n) is 12.6. The van der Waals surface area contributed by atoms with E-state index in [1.54, 1.807) is 19.9 Å². The first-order valence-corrected chi connectivity index (χ1v) is 12.6. The summed E-state index contributed by atoms with van der Waals surface area (Å²) in [4.78, 5) is 35.8. The van der Waals surface area contributed by atoms with Crippen molar-refractivity contribution in [1.29, 1.82) is 0 Å². The fourth-order valence-electron chi connectivity index (χ4n) is 3.77. The van der Waals surface area contributed by atoms with Crippen LogP contribution < -0.4 is 0 Å². The Morgan fingerprint density at radius 1 is 0.784 bits per heavy atom. The molecule has 0 aromatic heterocycles. The van der Waals surface area contributed by atoms with Gasteiger partial charge in [0.1, 0.15) is 0 Å². The topological polar surface area (TPSA) is 69.7 Å². The van der Waals surface area contributed by atoms with E-state index < -0.39 is 0 Å². The van der Waals surface area contributed by atoms with Gasteiger partial charge in [-0.05, 0) is 38.0 Å². The maximum absolute atomic E-state index is 12.9. The van der Waals surface area contributed by atoms with Gasteiger partial charge in [-0.2, -0.15) is 0 Å². The van der Waals surface area contributed by atoms with Gasteiger partial charge in [0.25, 0.3) is 0 Å². The van der Waals surface area contributed by atoms with Gasteiger partial charge in [0.05, 0.1) is 19.6 Å². The van der Waals surface area contributed by atoms with Gasteiger partial charge in [-0.1, -0.05) is 97.4 Å². The minimum atomic E-state index is -0.306. The quantitative estimate of drug-likeness (QED) is 0.174. The zero-order valence-electron chi connectivity index (χ0n) is 22.1. The fraction of sp³-hybridized carbons (Fsp3) is 0.281.